The first-order valence-electron chi connectivity index (χ1n) is 15.8. The van der Waals surface area contributed by atoms with E-state index in [0.29, 0.717) is 16.5 Å². The molecule has 1 N–H and O–H groups in total. The van der Waals surface area contributed by atoms with E-state index in [2.05, 4.69) is 4.98 Å². The van der Waals surface area contributed by atoms with E-state index in [-0.39, 0.29) is 24.9 Å². The fraction of sp³-hybridized carbons (Fsp3) is 0.361. The number of thioether (sulfide) groups is 1. The highest BCUT2D eigenvalue weighted by Gasteiger charge is 2.46. The summed E-state index contributed by atoms with van der Waals surface area (Å²) in [6, 6.07) is 26.3. The third kappa shape index (κ3) is 8.60. The summed E-state index contributed by atoms with van der Waals surface area (Å²) in [6.45, 7) is 5.17. The molecule has 0 saturated carbocycles. The lowest BCUT2D eigenvalue weighted by molar-refractivity contribution is -0.150. The van der Waals surface area contributed by atoms with Crippen LogP contribution in [0.3, 0.4) is 0 Å². The normalized spacial score (nSPS) is 18.0. The number of carbonyl (C=O) groups excluding carboxylic acids is 1. The van der Waals surface area contributed by atoms with E-state index in [0.717, 1.165) is 28.5 Å². The Balaban J connectivity index is 1.44. The minimum atomic E-state index is -3.00. The van der Waals surface area contributed by atoms with Gasteiger partial charge in [-0.3, -0.25) is 9.36 Å². The van der Waals surface area contributed by atoms with Gasteiger partial charge in [0.1, 0.15) is 46.5 Å². The Morgan fingerprint density at radius 2 is 1.52 bits per heavy atom. The molecule has 0 bridgehead atoms. The summed E-state index contributed by atoms with van der Waals surface area (Å²) in [5.74, 6) is 0.968. The molecule has 4 atom stereocenters. The highest BCUT2D eigenvalue weighted by molar-refractivity contribution is 7.99. The van der Waals surface area contributed by atoms with Gasteiger partial charge in [0.2, 0.25) is 0 Å². The first-order valence-corrected chi connectivity index (χ1v) is 17.9. The topological polar surface area (TPSA) is 145 Å². The van der Waals surface area contributed by atoms with Crippen LogP contribution in [0.25, 0.3) is 0 Å². The molecular formula is C36H40N2O10PS+. The lowest BCUT2D eigenvalue weighted by Gasteiger charge is -2.37. The zero-order valence-corrected chi connectivity index (χ0v) is 30.1. The number of benzene rings is 3. The maximum absolute atomic E-state index is 13.1. The molecule has 3 aromatic carbocycles. The van der Waals surface area contributed by atoms with Crippen molar-refractivity contribution < 1.29 is 42.5 Å². The summed E-state index contributed by atoms with van der Waals surface area (Å²) in [6.07, 6.45) is -1.02. The van der Waals surface area contributed by atoms with Crippen molar-refractivity contribution in [1.29, 1.82) is 0 Å². The summed E-state index contributed by atoms with van der Waals surface area (Å²) in [5, 5.41) is 0.365. The van der Waals surface area contributed by atoms with Gasteiger partial charge >= 0.3 is 19.9 Å². The number of carbonyl (C=O) groups is 1. The SMILES string of the molecule is COc1ccc(C(OC[C@H]2O[C@@H](n3ccc(SCOC(=O)C(C)(C)C)nc3=O)C[C@@H]2O[P+](=O)O)(c2ccccc2)c2ccc(OC)cc2)cc1. The van der Waals surface area contributed by atoms with Crippen LogP contribution in [0.2, 0.25) is 0 Å². The molecule has 0 radical (unpaired) electrons. The molecule has 1 aliphatic rings. The highest BCUT2D eigenvalue weighted by Crippen LogP contribution is 2.43. The van der Waals surface area contributed by atoms with Crippen LogP contribution in [0.4, 0.5) is 0 Å². The molecule has 264 valence electrons. The molecule has 2 heterocycles. The molecule has 1 aromatic heterocycles. The van der Waals surface area contributed by atoms with Gasteiger partial charge < -0.3 is 23.7 Å². The number of nitrogens with zero attached hydrogens (tertiary/aromatic N) is 2. The maximum Gasteiger partial charge on any atom is 0.695 e. The number of hydrogen-bond acceptors (Lipinski definition) is 11. The number of aromatic nitrogens is 2. The lowest BCUT2D eigenvalue weighted by Crippen LogP contribution is -2.38. The van der Waals surface area contributed by atoms with Crippen LogP contribution in [0.5, 0.6) is 11.5 Å². The lowest BCUT2D eigenvalue weighted by atomic mass is 9.80. The smallest absolute Gasteiger partial charge is 0.497 e. The molecule has 1 unspecified atom stereocenters. The minimum Gasteiger partial charge on any atom is -0.497 e. The van der Waals surface area contributed by atoms with Crippen LogP contribution in [0.1, 0.15) is 50.1 Å². The van der Waals surface area contributed by atoms with Crippen LogP contribution in [-0.2, 0) is 33.7 Å². The molecule has 1 aliphatic heterocycles. The van der Waals surface area contributed by atoms with E-state index >= 15 is 0 Å². The molecule has 0 aliphatic carbocycles. The monoisotopic (exact) mass is 723 g/mol. The summed E-state index contributed by atoms with van der Waals surface area (Å²) in [4.78, 5) is 39.1. The van der Waals surface area contributed by atoms with Crippen LogP contribution in [-0.4, -0.2) is 59.4 Å². The molecule has 12 nitrogen and oxygen atoms in total. The second-order valence-corrected chi connectivity index (χ2v) is 14.1. The summed E-state index contributed by atoms with van der Waals surface area (Å²) in [5.41, 5.74) is -0.0449. The predicted octanol–water partition coefficient (Wildman–Crippen LogP) is 6.23. The van der Waals surface area contributed by atoms with Crippen molar-refractivity contribution in [2.24, 2.45) is 5.41 Å². The second-order valence-electron chi connectivity index (χ2n) is 12.5. The van der Waals surface area contributed by atoms with Gasteiger partial charge in [0.25, 0.3) is 0 Å². The van der Waals surface area contributed by atoms with Crippen molar-refractivity contribution in [3.63, 3.8) is 0 Å². The molecule has 0 amide bonds. The fourth-order valence-corrected chi connectivity index (χ4v) is 6.63. The number of esters is 1. The van der Waals surface area contributed by atoms with E-state index in [1.165, 1.54) is 10.8 Å². The quantitative estimate of drug-likeness (QED) is 0.0393. The van der Waals surface area contributed by atoms with Gasteiger partial charge in [0.05, 0.1) is 26.2 Å². The van der Waals surface area contributed by atoms with Gasteiger partial charge in [-0.15, -0.1) is 9.42 Å². The van der Waals surface area contributed by atoms with Crippen LogP contribution in [0, 0.1) is 5.41 Å². The standard InChI is InChI=1S/C36H39N2O10PS/c1-35(2,3)33(39)45-23-50-31-19-20-38(34(40)37-31)32-21-29(48-49(41)42)30(47-32)22-46-36(24-9-7-6-8-10-24,25-11-15-27(43-4)16-12-25)26-13-17-28(44-5)18-14-26/h6-20,29-30,32H,21-23H2,1-5H3/p+1/t29-,30+,32+/m0/s1. The van der Waals surface area contributed by atoms with Crippen molar-refractivity contribution >= 4 is 26.0 Å². The van der Waals surface area contributed by atoms with Gasteiger partial charge in [-0.25, -0.2) is 4.79 Å². The third-order valence-electron chi connectivity index (χ3n) is 8.17. The minimum absolute atomic E-state index is 0.00306. The van der Waals surface area contributed by atoms with Gasteiger partial charge in [-0.1, -0.05) is 66.4 Å². The van der Waals surface area contributed by atoms with Crippen molar-refractivity contribution in [3.8, 4) is 11.5 Å². The van der Waals surface area contributed by atoms with Crippen molar-refractivity contribution in [2.45, 2.75) is 56.3 Å². The van der Waals surface area contributed by atoms with Gasteiger partial charge in [-0.2, -0.15) is 4.98 Å². The average Bonchev–Trinajstić information content (AvgIpc) is 3.50. The number of ether oxygens (including phenoxy) is 5. The molecule has 5 rings (SSSR count). The zero-order chi connectivity index (χ0) is 35.9. The van der Waals surface area contributed by atoms with Gasteiger partial charge in [0.15, 0.2) is 0 Å². The second kappa shape index (κ2) is 16.3. The number of methoxy groups -OCH3 is 2. The Hall–Kier alpha value is -4.10. The predicted molar refractivity (Wildman–Crippen MR) is 186 cm³/mol. The molecule has 0 spiro atoms. The molecule has 1 saturated heterocycles. The highest BCUT2D eigenvalue weighted by atomic mass is 32.2. The Morgan fingerprint density at radius 3 is 2.04 bits per heavy atom. The van der Waals surface area contributed by atoms with Crippen LogP contribution in [0.15, 0.2) is 101 Å². The van der Waals surface area contributed by atoms with E-state index in [9.17, 15) is 19.0 Å². The van der Waals surface area contributed by atoms with Gasteiger partial charge in [-0.05, 0) is 67.8 Å². The van der Waals surface area contributed by atoms with Crippen LogP contribution < -0.4 is 15.2 Å². The van der Waals surface area contributed by atoms with Gasteiger partial charge in [0, 0.05) is 17.2 Å². The fourth-order valence-electron chi connectivity index (χ4n) is 5.59. The number of rotatable bonds is 14. The first kappa shape index (κ1) is 37.2. The van der Waals surface area contributed by atoms with Crippen molar-refractivity contribution in [3.05, 3.63) is 118 Å². The number of hydrogen-bond donors (Lipinski definition) is 1. The van der Waals surface area contributed by atoms with Crippen LogP contribution >= 0.6 is 20.0 Å². The van der Waals surface area contributed by atoms with E-state index < -0.39 is 43.4 Å². The van der Waals surface area contributed by atoms with Crippen molar-refractivity contribution in [2.75, 3.05) is 26.8 Å². The Bertz CT molecular complexity index is 1770. The van der Waals surface area contributed by atoms with E-state index in [1.54, 1.807) is 41.1 Å². The molecular weight excluding hydrogens is 683 g/mol. The molecule has 4 aromatic rings. The maximum atomic E-state index is 13.1. The first-order chi connectivity index (χ1) is 23.9. The molecule has 50 heavy (non-hydrogen) atoms. The summed E-state index contributed by atoms with van der Waals surface area (Å²) < 4.78 is 48.1. The Morgan fingerprint density at radius 1 is 0.940 bits per heavy atom. The van der Waals surface area contributed by atoms with E-state index in [1.807, 2.05) is 78.9 Å². The largest absolute Gasteiger partial charge is 0.695 e. The zero-order valence-electron chi connectivity index (χ0n) is 28.4. The average molecular weight is 724 g/mol. The molecule has 14 heteroatoms. The molecule has 1 fully saturated rings. The summed E-state index contributed by atoms with van der Waals surface area (Å²) in [7, 11) is 0.187. The van der Waals surface area contributed by atoms with E-state index in [4.69, 9.17) is 28.2 Å². The Kier molecular flexibility index (Phi) is 12.1. The summed E-state index contributed by atoms with van der Waals surface area (Å²) >= 11 is 1.11. The van der Waals surface area contributed by atoms with Crippen molar-refractivity contribution in [1.82, 2.24) is 9.55 Å². The third-order valence-corrected chi connectivity index (χ3v) is 9.38. The Labute approximate surface area is 295 Å².